The lowest BCUT2D eigenvalue weighted by atomic mass is 10.5. The third-order valence-corrected chi connectivity index (χ3v) is 3.39. The minimum absolute atomic E-state index is 0.829. The molecule has 0 atom stereocenters. The molecule has 2 aromatic heterocycles. The highest BCUT2D eigenvalue weighted by Crippen LogP contribution is 2.26. The monoisotopic (exact) mass is 211 g/mol. The average Bonchev–Trinajstić information content (AvgIpc) is 2.70. The van der Waals surface area contributed by atoms with Crippen LogP contribution in [0.1, 0.15) is 5.69 Å². The van der Waals surface area contributed by atoms with Crippen LogP contribution in [-0.4, -0.2) is 17.0 Å². The summed E-state index contributed by atoms with van der Waals surface area (Å²) < 4.78 is 0. The third kappa shape index (κ3) is 1.93. The molecule has 0 fully saturated rings. The molecule has 0 amide bonds. The maximum absolute atomic E-state index is 4.47. The van der Waals surface area contributed by atoms with Crippen molar-refractivity contribution in [3.05, 3.63) is 22.8 Å². The molecule has 0 radical (unpaired) electrons. The van der Waals surface area contributed by atoms with Gasteiger partial charge in [0.05, 0.1) is 16.1 Å². The number of hydrogen-bond acceptors (Lipinski definition) is 5. The van der Waals surface area contributed by atoms with Gasteiger partial charge in [0, 0.05) is 18.1 Å². The van der Waals surface area contributed by atoms with Gasteiger partial charge in [-0.3, -0.25) is 4.98 Å². The Morgan fingerprint density at radius 1 is 1.46 bits per heavy atom. The van der Waals surface area contributed by atoms with Crippen molar-refractivity contribution in [1.82, 2.24) is 15.3 Å². The van der Waals surface area contributed by atoms with Crippen LogP contribution in [0.2, 0.25) is 0 Å². The topological polar surface area (TPSA) is 37.8 Å². The first kappa shape index (κ1) is 8.80. The van der Waals surface area contributed by atoms with E-state index in [1.54, 1.807) is 22.7 Å². The second-order valence-corrected chi connectivity index (χ2v) is 4.28. The Kier molecular flexibility index (Phi) is 2.68. The third-order valence-electron chi connectivity index (χ3n) is 1.55. The number of thiazole rings is 2. The lowest BCUT2D eigenvalue weighted by molar-refractivity contribution is 0.798. The van der Waals surface area contributed by atoms with Crippen molar-refractivity contribution in [1.29, 1.82) is 0 Å². The summed E-state index contributed by atoms with van der Waals surface area (Å²) >= 11 is 3.29. The molecule has 13 heavy (non-hydrogen) atoms. The van der Waals surface area contributed by atoms with Gasteiger partial charge >= 0.3 is 0 Å². The lowest BCUT2D eigenvalue weighted by Gasteiger charge is -1.90. The Balaban J connectivity index is 2.23. The van der Waals surface area contributed by atoms with Crippen molar-refractivity contribution < 1.29 is 0 Å². The fraction of sp³-hybridized carbons (Fsp3) is 0.250. The van der Waals surface area contributed by atoms with E-state index in [-0.39, 0.29) is 0 Å². The lowest BCUT2D eigenvalue weighted by Crippen LogP contribution is -2.04. The normalized spacial score (nSPS) is 10.5. The molecule has 5 heteroatoms. The zero-order chi connectivity index (χ0) is 9.10. The predicted octanol–water partition coefficient (Wildman–Crippen LogP) is 1.99. The van der Waals surface area contributed by atoms with E-state index < -0.39 is 0 Å². The molecule has 3 nitrogen and oxygen atoms in total. The van der Waals surface area contributed by atoms with Crippen LogP contribution in [-0.2, 0) is 6.54 Å². The summed E-state index contributed by atoms with van der Waals surface area (Å²) in [5, 5.41) is 6.21. The number of hydrogen-bond donors (Lipinski definition) is 1. The number of nitrogens with one attached hydrogen (secondary N) is 1. The van der Waals surface area contributed by atoms with Gasteiger partial charge in [0.25, 0.3) is 0 Å². The molecule has 1 N–H and O–H groups in total. The van der Waals surface area contributed by atoms with Gasteiger partial charge in [-0.1, -0.05) is 0 Å². The average molecular weight is 211 g/mol. The first-order valence-electron chi connectivity index (χ1n) is 3.88. The van der Waals surface area contributed by atoms with Gasteiger partial charge in [-0.2, -0.15) is 0 Å². The van der Waals surface area contributed by atoms with E-state index in [9.17, 15) is 0 Å². The Bertz CT molecular complexity index is 366. The fourth-order valence-electron chi connectivity index (χ4n) is 1.00. The van der Waals surface area contributed by atoms with E-state index in [1.807, 2.05) is 18.8 Å². The van der Waals surface area contributed by atoms with Crippen molar-refractivity contribution in [2.75, 3.05) is 7.05 Å². The molecule has 0 aliphatic heterocycles. The first-order valence-corrected chi connectivity index (χ1v) is 5.64. The summed E-state index contributed by atoms with van der Waals surface area (Å²) in [7, 11) is 1.92. The minimum Gasteiger partial charge on any atom is -0.314 e. The summed E-state index contributed by atoms with van der Waals surface area (Å²) in [5.74, 6) is 0. The van der Waals surface area contributed by atoms with Crippen molar-refractivity contribution >= 4 is 22.7 Å². The molecule has 2 aromatic rings. The van der Waals surface area contributed by atoms with Gasteiger partial charge in [0.2, 0.25) is 0 Å². The Labute approximate surface area is 84.5 Å². The molecule has 0 unspecified atom stereocenters. The maximum atomic E-state index is 4.47. The van der Waals surface area contributed by atoms with Crippen LogP contribution in [0, 0.1) is 0 Å². The zero-order valence-corrected chi connectivity index (χ0v) is 8.78. The van der Waals surface area contributed by atoms with Crippen molar-refractivity contribution in [2.24, 2.45) is 0 Å². The molecule has 0 aliphatic carbocycles. The zero-order valence-electron chi connectivity index (χ0n) is 7.15. The Morgan fingerprint density at radius 2 is 2.38 bits per heavy atom. The largest absolute Gasteiger partial charge is 0.314 e. The van der Waals surface area contributed by atoms with E-state index in [0.29, 0.717) is 0 Å². The first-order chi connectivity index (χ1) is 6.40. The van der Waals surface area contributed by atoms with Crippen molar-refractivity contribution in [3.63, 3.8) is 0 Å². The van der Waals surface area contributed by atoms with E-state index in [0.717, 1.165) is 22.1 Å². The van der Waals surface area contributed by atoms with Crippen LogP contribution < -0.4 is 5.32 Å². The molecule has 0 saturated heterocycles. The summed E-state index contributed by atoms with van der Waals surface area (Å²) in [6.45, 7) is 0.829. The molecule has 2 heterocycles. The molecule has 0 saturated carbocycles. The second-order valence-electron chi connectivity index (χ2n) is 2.54. The summed E-state index contributed by atoms with van der Waals surface area (Å²) in [6.07, 6.45) is 1.85. The van der Waals surface area contributed by atoms with Crippen LogP contribution >= 0.6 is 22.7 Å². The Morgan fingerprint density at radius 3 is 3.08 bits per heavy atom. The molecule has 68 valence electrons. The smallest absolute Gasteiger partial charge is 0.135 e. The van der Waals surface area contributed by atoms with Gasteiger partial charge in [-0.05, 0) is 7.05 Å². The van der Waals surface area contributed by atoms with Crippen molar-refractivity contribution in [2.45, 2.75) is 6.54 Å². The molecule has 0 aliphatic rings. The highest BCUT2D eigenvalue weighted by atomic mass is 32.1. The van der Waals surface area contributed by atoms with E-state index in [4.69, 9.17) is 0 Å². The Hall–Kier alpha value is -0.780. The van der Waals surface area contributed by atoms with E-state index in [2.05, 4.69) is 20.7 Å². The summed E-state index contributed by atoms with van der Waals surface area (Å²) in [5.41, 5.74) is 2.92. The van der Waals surface area contributed by atoms with Gasteiger partial charge in [-0.25, -0.2) is 4.98 Å². The SMILES string of the molecule is CNCc1csc(-c2cncs2)n1. The molecular formula is C8H9N3S2. The quantitative estimate of drug-likeness (QED) is 0.843. The summed E-state index contributed by atoms with van der Waals surface area (Å²) in [6, 6.07) is 0. The number of nitrogens with zero attached hydrogens (tertiary/aromatic N) is 2. The van der Waals surface area contributed by atoms with Gasteiger partial charge in [0.1, 0.15) is 5.01 Å². The molecule has 0 aromatic carbocycles. The molecular weight excluding hydrogens is 202 g/mol. The van der Waals surface area contributed by atoms with Crippen molar-refractivity contribution in [3.8, 4) is 9.88 Å². The molecule has 2 rings (SSSR count). The maximum Gasteiger partial charge on any atom is 0.135 e. The number of aromatic nitrogens is 2. The van der Waals surface area contributed by atoms with E-state index in [1.165, 1.54) is 0 Å². The van der Waals surface area contributed by atoms with Crippen LogP contribution in [0.25, 0.3) is 9.88 Å². The van der Waals surface area contributed by atoms with Crippen LogP contribution in [0.5, 0.6) is 0 Å². The minimum atomic E-state index is 0.829. The van der Waals surface area contributed by atoms with Crippen LogP contribution in [0.15, 0.2) is 17.1 Å². The van der Waals surface area contributed by atoms with Crippen LogP contribution in [0.4, 0.5) is 0 Å². The van der Waals surface area contributed by atoms with Crippen LogP contribution in [0.3, 0.4) is 0 Å². The second kappa shape index (κ2) is 3.95. The molecule has 0 spiro atoms. The number of rotatable bonds is 3. The standard InChI is InChI=1S/C8H9N3S2/c1-9-2-6-4-12-8(11-6)7-3-10-5-13-7/h3-5,9H,2H2,1H3. The van der Waals surface area contributed by atoms with Gasteiger partial charge < -0.3 is 5.32 Å². The van der Waals surface area contributed by atoms with Gasteiger partial charge in [-0.15, -0.1) is 22.7 Å². The van der Waals surface area contributed by atoms with E-state index >= 15 is 0 Å². The summed E-state index contributed by atoms with van der Waals surface area (Å²) in [4.78, 5) is 9.64. The highest BCUT2D eigenvalue weighted by Gasteiger charge is 2.04. The predicted molar refractivity (Wildman–Crippen MR) is 56.0 cm³/mol. The van der Waals surface area contributed by atoms with Gasteiger partial charge in [0.15, 0.2) is 0 Å². The fourth-order valence-corrected chi connectivity index (χ4v) is 2.52. The molecule has 0 bridgehead atoms. The highest BCUT2D eigenvalue weighted by molar-refractivity contribution is 7.19.